The Morgan fingerprint density at radius 2 is 1.77 bits per heavy atom. The standard InChI is InChI=1S/C25H28N4O6/c1-33-19-5-3-18(4-6-19)27-10-12-28(13-11-27)23(30)9-7-20-24(31)29(25(32)26-20)15-17-2-8-21-22(14-17)35-16-34-21/h2-6,8,14,20H,7,9-13,15-16H2,1H3,(H,26,32)/t20-/m1/s1. The third kappa shape index (κ3) is 4.82. The van der Waals surface area contributed by atoms with Gasteiger partial charge in [-0.1, -0.05) is 6.07 Å². The van der Waals surface area contributed by atoms with Gasteiger partial charge in [-0.05, 0) is 48.4 Å². The average molecular weight is 481 g/mol. The fourth-order valence-electron chi connectivity index (χ4n) is 4.58. The zero-order valence-corrected chi connectivity index (χ0v) is 19.6. The van der Waals surface area contributed by atoms with Crippen LogP contribution in [-0.4, -0.2) is 73.8 Å². The number of urea groups is 1. The van der Waals surface area contributed by atoms with Gasteiger partial charge in [-0.2, -0.15) is 0 Å². The molecule has 2 aromatic carbocycles. The number of anilines is 1. The second-order valence-electron chi connectivity index (χ2n) is 8.72. The average Bonchev–Trinajstić information content (AvgIpc) is 3.47. The number of ether oxygens (including phenoxy) is 3. The number of carbonyl (C=O) groups excluding carboxylic acids is 3. The van der Waals surface area contributed by atoms with Crippen LogP contribution in [0.25, 0.3) is 0 Å². The van der Waals surface area contributed by atoms with Crippen LogP contribution < -0.4 is 24.4 Å². The minimum Gasteiger partial charge on any atom is -0.497 e. The predicted octanol–water partition coefficient (Wildman–Crippen LogP) is 1.97. The van der Waals surface area contributed by atoms with Crippen molar-refractivity contribution in [2.24, 2.45) is 0 Å². The number of nitrogens with zero attached hydrogens (tertiary/aromatic N) is 3. The zero-order valence-electron chi connectivity index (χ0n) is 19.6. The maximum Gasteiger partial charge on any atom is 0.325 e. The summed E-state index contributed by atoms with van der Waals surface area (Å²) in [4.78, 5) is 43.3. The molecule has 0 unspecified atom stereocenters. The molecule has 4 amide bonds. The number of imide groups is 1. The number of rotatable bonds is 7. The van der Waals surface area contributed by atoms with E-state index >= 15 is 0 Å². The van der Waals surface area contributed by atoms with Gasteiger partial charge >= 0.3 is 6.03 Å². The fraction of sp³-hybridized carbons (Fsp3) is 0.400. The molecule has 184 valence electrons. The molecule has 0 aromatic heterocycles. The third-order valence-corrected chi connectivity index (χ3v) is 6.60. The Hall–Kier alpha value is -3.95. The van der Waals surface area contributed by atoms with Gasteiger partial charge in [0.2, 0.25) is 12.7 Å². The third-order valence-electron chi connectivity index (χ3n) is 6.60. The van der Waals surface area contributed by atoms with Crippen LogP contribution in [0.2, 0.25) is 0 Å². The number of carbonyl (C=O) groups is 3. The summed E-state index contributed by atoms with van der Waals surface area (Å²) in [5.74, 6) is 1.74. The van der Waals surface area contributed by atoms with E-state index in [1.807, 2.05) is 29.2 Å². The van der Waals surface area contributed by atoms with E-state index < -0.39 is 12.1 Å². The molecule has 1 atom stereocenters. The normalized spacial score (nSPS) is 19.2. The molecule has 2 saturated heterocycles. The zero-order chi connectivity index (χ0) is 24.4. The fourth-order valence-corrected chi connectivity index (χ4v) is 4.58. The van der Waals surface area contributed by atoms with Gasteiger partial charge in [-0.15, -0.1) is 0 Å². The molecule has 0 saturated carbocycles. The van der Waals surface area contributed by atoms with Gasteiger partial charge < -0.3 is 29.3 Å². The van der Waals surface area contributed by atoms with Crippen LogP contribution in [0.1, 0.15) is 18.4 Å². The van der Waals surface area contributed by atoms with Crippen molar-refractivity contribution in [1.29, 1.82) is 0 Å². The van der Waals surface area contributed by atoms with Crippen molar-refractivity contribution in [3.05, 3.63) is 48.0 Å². The molecule has 0 aliphatic carbocycles. The Morgan fingerprint density at radius 1 is 1.03 bits per heavy atom. The highest BCUT2D eigenvalue weighted by molar-refractivity contribution is 6.04. The summed E-state index contributed by atoms with van der Waals surface area (Å²) in [6.45, 7) is 3.01. The molecule has 3 aliphatic heterocycles. The van der Waals surface area contributed by atoms with Crippen molar-refractivity contribution in [1.82, 2.24) is 15.1 Å². The van der Waals surface area contributed by atoms with Crippen molar-refractivity contribution in [2.75, 3.05) is 45.0 Å². The summed E-state index contributed by atoms with van der Waals surface area (Å²) in [6, 6.07) is 12.1. The van der Waals surface area contributed by atoms with E-state index in [4.69, 9.17) is 14.2 Å². The number of piperazine rings is 1. The van der Waals surface area contributed by atoms with Gasteiger partial charge in [0.05, 0.1) is 13.7 Å². The van der Waals surface area contributed by atoms with Crippen LogP contribution in [0, 0.1) is 0 Å². The number of nitrogens with one attached hydrogen (secondary N) is 1. The van der Waals surface area contributed by atoms with E-state index in [9.17, 15) is 14.4 Å². The van der Waals surface area contributed by atoms with E-state index in [0.29, 0.717) is 24.6 Å². The summed E-state index contributed by atoms with van der Waals surface area (Å²) in [7, 11) is 1.64. The van der Waals surface area contributed by atoms with Crippen LogP contribution in [0.5, 0.6) is 17.2 Å². The summed E-state index contributed by atoms with van der Waals surface area (Å²) < 4.78 is 15.9. The molecule has 1 N–H and O–H groups in total. The first kappa shape index (κ1) is 22.8. The Morgan fingerprint density at radius 3 is 2.51 bits per heavy atom. The van der Waals surface area contributed by atoms with Gasteiger partial charge in [0, 0.05) is 38.3 Å². The smallest absolute Gasteiger partial charge is 0.325 e. The summed E-state index contributed by atoms with van der Waals surface area (Å²) in [5.41, 5.74) is 1.86. The monoisotopic (exact) mass is 480 g/mol. The highest BCUT2D eigenvalue weighted by atomic mass is 16.7. The highest BCUT2D eigenvalue weighted by Crippen LogP contribution is 2.33. The Labute approximate surface area is 203 Å². The van der Waals surface area contributed by atoms with Gasteiger partial charge in [-0.25, -0.2) is 4.79 Å². The van der Waals surface area contributed by atoms with Gasteiger partial charge in [0.1, 0.15) is 11.8 Å². The highest BCUT2D eigenvalue weighted by Gasteiger charge is 2.38. The largest absolute Gasteiger partial charge is 0.497 e. The van der Waals surface area contributed by atoms with E-state index in [1.165, 1.54) is 4.90 Å². The Kier molecular flexibility index (Phi) is 6.35. The lowest BCUT2D eigenvalue weighted by Crippen LogP contribution is -2.49. The van der Waals surface area contributed by atoms with Crippen LogP contribution in [0.3, 0.4) is 0 Å². The number of amides is 4. The number of hydrogen-bond donors (Lipinski definition) is 1. The lowest BCUT2D eigenvalue weighted by Gasteiger charge is -2.36. The summed E-state index contributed by atoms with van der Waals surface area (Å²) in [5, 5.41) is 2.71. The molecule has 35 heavy (non-hydrogen) atoms. The molecule has 5 rings (SSSR count). The maximum atomic E-state index is 12.8. The first-order valence-electron chi connectivity index (χ1n) is 11.7. The predicted molar refractivity (Wildman–Crippen MR) is 126 cm³/mol. The van der Waals surface area contributed by atoms with Crippen molar-refractivity contribution in [3.63, 3.8) is 0 Å². The van der Waals surface area contributed by atoms with Gasteiger partial charge in [0.25, 0.3) is 5.91 Å². The molecule has 0 bridgehead atoms. The topological polar surface area (TPSA) is 101 Å². The quantitative estimate of drug-likeness (QED) is 0.605. The minimum atomic E-state index is -0.693. The summed E-state index contributed by atoms with van der Waals surface area (Å²) in [6.07, 6.45) is 0.483. The lowest BCUT2D eigenvalue weighted by molar-refractivity contribution is -0.132. The molecular weight excluding hydrogens is 452 g/mol. The second kappa shape index (κ2) is 9.73. The van der Waals surface area contributed by atoms with E-state index in [2.05, 4.69) is 10.2 Å². The molecular formula is C25H28N4O6. The first-order valence-corrected chi connectivity index (χ1v) is 11.7. The van der Waals surface area contributed by atoms with Crippen molar-refractivity contribution in [2.45, 2.75) is 25.4 Å². The van der Waals surface area contributed by atoms with Gasteiger partial charge in [-0.3, -0.25) is 14.5 Å². The van der Waals surface area contributed by atoms with E-state index in [0.717, 1.165) is 30.1 Å². The van der Waals surface area contributed by atoms with Crippen LogP contribution in [0.4, 0.5) is 10.5 Å². The molecule has 10 nitrogen and oxygen atoms in total. The number of benzene rings is 2. The Bertz CT molecular complexity index is 1110. The molecule has 3 heterocycles. The number of fused-ring (bicyclic) bond motifs is 1. The number of hydrogen-bond acceptors (Lipinski definition) is 7. The van der Waals surface area contributed by atoms with E-state index in [-0.39, 0.29) is 38.0 Å². The molecule has 3 aliphatic rings. The van der Waals surface area contributed by atoms with Crippen molar-refractivity contribution in [3.8, 4) is 17.2 Å². The van der Waals surface area contributed by atoms with Crippen LogP contribution in [-0.2, 0) is 16.1 Å². The SMILES string of the molecule is COc1ccc(N2CCN(C(=O)CC[C@H]3NC(=O)N(Cc4ccc5c(c4)OCO5)C3=O)CC2)cc1. The van der Waals surface area contributed by atoms with Crippen molar-refractivity contribution < 1.29 is 28.6 Å². The molecule has 2 fully saturated rings. The van der Waals surface area contributed by atoms with Crippen LogP contribution >= 0.6 is 0 Å². The van der Waals surface area contributed by atoms with Crippen LogP contribution in [0.15, 0.2) is 42.5 Å². The maximum absolute atomic E-state index is 12.8. The lowest BCUT2D eigenvalue weighted by atomic mass is 10.1. The minimum absolute atomic E-state index is 0.00403. The van der Waals surface area contributed by atoms with Gasteiger partial charge in [0.15, 0.2) is 11.5 Å². The first-order chi connectivity index (χ1) is 17.0. The molecule has 10 heteroatoms. The summed E-state index contributed by atoms with van der Waals surface area (Å²) >= 11 is 0. The van der Waals surface area contributed by atoms with E-state index in [1.54, 1.807) is 25.3 Å². The molecule has 2 aromatic rings. The number of methoxy groups -OCH3 is 1. The van der Waals surface area contributed by atoms with Crippen molar-refractivity contribution >= 4 is 23.5 Å². The molecule has 0 radical (unpaired) electrons. The second-order valence-corrected chi connectivity index (χ2v) is 8.72. The molecule has 0 spiro atoms. The Balaban J connectivity index is 1.10.